The molecule has 0 radical (unpaired) electrons. The third-order valence-electron chi connectivity index (χ3n) is 3.92. The first-order valence-electron chi connectivity index (χ1n) is 7.27. The van der Waals surface area contributed by atoms with Crippen molar-refractivity contribution < 1.29 is 19.5 Å². The zero-order valence-corrected chi connectivity index (χ0v) is 13.3. The molecule has 1 rings (SSSR count). The molecule has 0 amide bonds. The number of ketones is 1. The number of nitrogen functional groups attached to an aromatic ring is 1. The smallest absolute Gasteiger partial charge is 0.332 e. The molecular formula is C16H19N5O4. The number of nitrogens with one attached hydrogen (secondary N) is 1. The van der Waals surface area contributed by atoms with E-state index in [1.54, 1.807) is 0 Å². The van der Waals surface area contributed by atoms with E-state index in [4.69, 9.17) is 27.9 Å². The summed E-state index contributed by atoms with van der Waals surface area (Å²) in [6.45, 7) is 0. The van der Waals surface area contributed by atoms with Gasteiger partial charge in [-0.3, -0.25) is 10.2 Å². The molecule has 0 heterocycles. The van der Waals surface area contributed by atoms with Crippen molar-refractivity contribution in [3.8, 4) is 6.07 Å². The number of rotatable bonds is 9. The standard InChI is InChI=1S/C16H19N5O4/c17-7-5-11(9-1-3-10(4-2-9)14(19)20)16(21,15(24)25)13(23)12(18)6-8-22/h1-4,8,11-12H,5-6,18,21H2,(H3,19,20)(H,24,25). The fourth-order valence-electron chi connectivity index (χ4n) is 2.47. The van der Waals surface area contributed by atoms with Gasteiger partial charge in [-0.2, -0.15) is 5.26 Å². The van der Waals surface area contributed by atoms with Gasteiger partial charge in [0.25, 0.3) is 0 Å². The van der Waals surface area contributed by atoms with Crippen LogP contribution in [0.4, 0.5) is 0 Å². The quantitative estimate of drug-likeness (QED) is 0.166. The van der Waals surface area contributed by atoms with E-state index in [2.05, 4.69) is 0 Å². The highest BCUT2D eigenvalue weighted by Gasteiger charge is 2.51. The van der Waals surface area contributed by atoms with Crippen LogP contribution in [0.5, 0.6) is 0 Å². The van der Waals surface area contributed by atoms with Gasteiger partial charge in [0.1, 0.15) is 12.1 Å². The number of carbonyl (C=O) groups excluding carboxylic acids is 2. The highest BCUT2D eigenvalue weighted by atomic mass is 16.4. The van der Waals surface area contributed by atoms with Crippen LogP contribution in [0, 0.1) is 16.7 Å². The summed E-state index contributed by atoms with van der Waals surface area (Å²) in [5.74, 6) is -4.07. The van der Waals surface area contributed by atoms with Crippen LogP contribution in [0.1, 0.15) is 29.9 Å². The number of carboxylic acid groups (broad SMARTS) is 1. The molecule has 25 heavy (non-hydrogen) atoms. The molecule has 132 valence electrons. The molecule has 0 aliphatic carbocycles. The molecular weight excluding hydrogens is 326 g/mol. The first kappa shape index (κ1) is 20.0. The summed E-state index contributed by atoms with van der Waals surface area (Å²) in [7, 11) is 0. The maximum Gasteiger partial charge on any atom is 0.332 e. The molecule has 3 unspecified atom stereocenters. The van der Waals surface area contributed by atoms with E-state index >= 15 is 0 Å². The number of amidine groups is 1. The summed E-state index contributed by atoms with van der Waals surface area (Å²) in [5, 5.41) is 26.0. The summed E-state index contributed by atoms with van der Waals surface area (Å²) >= 11 is 0. The van der Waals surface area contributed by atoms with Crippen molar-refractivity contribution in [3.63, 3.8) is 0 Å². The minimum Gasteiger partial charge on any atom is -0.480 e. The molecule has 0 saturated heterocycles. The van der Waals surface area contributed by atoms with Gasteiger partial charge in [-0.05, 0) is 5.56 Å². The van der Waals surface area contributed by atoms with Crippen molar-refractivity contribution in [1.82, 2.24) is 0 Å². The summed E-state index contributed by atoms with van der Waals surface area (Å²) < 4.78 is 0. The summed E-state index contributed by atoms with van der Waals surface area (Å²) in [6.07, 6.45) is -0.346. The third-order valence-corrected chi connectivity index (χ3v) is 3.92. The van der Waals surface area contributed by atoms with Gasteiger partial charge in [0.15, 0.2) is 11.3 Å². The third kappa shape index (κ3) is 4.06. The van der Waals surface area contributed by atoms with E-state index in [0.717, 1.165) is 0 Å². The summed E-state index contributed by atoms with van der Waals surface area (Å²) in [4.78, 5) is 34.9. The van der Waals surface area contributed by atoms with Crippen molar-refractivity contribution in [2.45, 2.75) is 30.3 Å². The van der Waals surface area contributed by atoms with Crippen LogP contribution in [-0.2, 0) is 14.4 Å². The van der Waals surface area contributed by atoms with E-state index in [0.29, 0.717) is 17.4 Å². The van der Waals surface area contributed by atoms with Crippen molar-refractivity contribution >= 4 is 23.9 Å². The number of Topliss-reactive ketones (excluding diaryl/α,β-unsaturated/α-hetero) is 1. The van der Waals surface area contributed by atoms with Gasteiger partial charge in [-0.1, -0.05) is 24.3 Å². The van der Waals surface area contributed by atoms with E-state index in [1.165, 1.54) is 24.3 Å². The Morgan fingerprint density at radius 1 is 1.36 bits per heavy atom. The number of hydrogen-bond acceptors (Lipinski definition) is 7. The predicted octanol–water partition coefficient (Wildman–Crippen LogP) is -0.765. The molecule has 0 fully saturated rings. The number of nitrogens with two attached hydrogens (primary N) is 3. The maximum atomic E-state index is 12.5. The largest absolute Gasteiger partial charge is 0.480 e. The van der Waals surface area contributed by atoms with Crippen LogP contribution in [0.3, 0.4) is 0 Å². The molecule has 0 aliphatic rings. The van der Waals surface area contributed by atoms with Crippen LogP contribution in [-0.4, -0.2) is 40.6 Å². The molecule has 9 nitrogen and oxygen atoms in total. The lowest BCUT2D eigenvalue weighted by Gasteiger charge is -2.33. The van der Waals surface area contributed by atoms with Crippen LogP contribution in [0.25, 0.3) is 0 Å². The average molecular weight is 345 g/mol. The Labute approximate surface area is 143 Å². The van der Waals surface area contributed by atoms with E-state index in [9.17, 15) is 19.5 Å². The van der Waals surface area contributed by atoms with Crippen molar-refractivity contribution in [3.05, 3.63) is 35.4 Å². The Bertz CT molecular complexity index is 725. The van der Waals surface area contributed by atoms with Crippen LogP contribution in [0.2, 0.25) is 0 Å². The van der Waals surface area contributed by atoms with Crippen LogP contribution < -0.4 is 17.2 Å². The lowest BCUT2D eigenvalue weighted by Crippen LogP contribution is -2.63. The second kappa shape index (κ2) is 8.14. The Hall–Kier alpha value is -3.09. The number of aldehydes is 1. The molecule has 0 aromatic heterocycles. The normalized spacial score (nSPS) is 15.2. The number of aliphatic carboxylic acids is 1. The lowest BCUT2D eigenvalue weighted by molar-refractivity contribution is -0.150. The van der Waals surface area contributed by atoms with Gasteiger partial charge in [0, 0.05) is 24.3 Å². The second-order valence-corrected chi connectivity index (χ2v) is 5.50. The SMILES string of the molecule is N#CCC(c1ccc(C(=N)N)cc1)C(N)(C(=O)O)C(=O)C(N)CC=O. The lowest BCUT2D eigenvalue weighted by atomic mass is 9.73. The Morgan fingerprint density at radius 3 is 2.32 bits per heavy atom. The first-order valence-corrected chi connectivity index (χ1v) is 7.27. The minimum absolute atomic E-state index is 0.190. The molecule has 1 aromatic rings. The van der Waals surface area contributed by atoms with Gasteiger partial charge >= 0.3 is 5.97 Å². The maximum absolute atomic E-state index is 12.5. The minimum atomic E-state index is -2.48. The van der Waals surface area contributed by atoms with E-state index in [-0.39, 0.29) is 18.7 Å². The Balaban J connectivity index is 3.42. The van der Waals surface area contributed by atoms with Crippen LogP contribution in [0.15, 0.2) is 24.3 Å². The molecule has 9 heteroatoms. The van der Waals surface area contributed by atoms with Crippen molar-refractivity contribution in [1.29, 1.82) is 10.7 Å². The molecule has 0 saturated carbocycles. The highest BCUT2D eigenvalue weighted by Crippen LogP contribution is 2.32. The number of carboxylic acids is 1. The van der Waals surface area contributed by atoms with Crippen LogP contribution >= 0.6 is 0 Å². The molecule has 0 aliphatic heterocycles. The highest BCUT2D eigenvalue weighted by molar-refractivity contribution is 6.11. The summed E-state index contributed by atoms with van der Waals surface area (Å²) in [5.41, 5.74) is 15.1. The first-order chi connectivity index (χ1) is 11.7. The van der Waals surface area contributed by atoms with Gasteiger partial charge in [0.05, 0.1) is 12.1 Å². The van der Waals surface area contributed by atoms with E-state index < -0.39 is 29.3 Å². The fourth-order valence-corrected chi connectivity index (χ4v) is 2.47. The molecule has 0 spiro atoms. The predicted molar refractivity (Wildman–Crippen MR) is 88.6 cm³/mol. The molecule has 0 bridgehead atoms. The topological polar surface area (TPSA) is 197 Å². The van der Waals surface area contributed by atoms with Gasteiger partial charge in [-0.15, -0.1) is 0 Å². The average Bonchev–Trinajstić information content (AvgIpc) is 2.58. The zero-order chi connectivity index (χ0) is 19.2. The molecule has 8 N–H and O–H groups in total. The van der Waals surface area contributed by atoms with Gasteiger partial charge in [0.2, 0.25) is 0 Å². The number of carbonyl (C=O) groups is 3. The zero-order valence-electron chi connectivity index (χ0n) is 13.3. The number of nitrogens with zero attached hydrogens (tertiary/aromatic N) is 1. The van der Waals surface area contributed by atoms with E-state index in [1.807, 2.05) is 6.07 Å². The Morgan fingerprint density at radius 2 is 1.92 bits per heavy atom. The Kier molecular flexibility index (Phi) is 6.50. The second-order valence-electron chi connectivity index (χ2n) is 5.50. The van der Waals surface area contributed by atoms with Gasteiger partial charge < -0.3 is 27.1 Å². The molecule has 1 aromatic carbocycles. The van der Waals surface area contributed by atoms with Gasteiger partial charge in [-0.25, -0.2) is 4.79 Å². The summed E-state index contributed by atoms with van der Waals surface area (Å²) in [6, 6.07) is 6.23. The monoisotopic (exact) mass is 345 g/mol. The van der Waals surface area contributed by atoms with Crippen molar-refractivity contribution in [2.24, 2.45) is 17.2 Å². The number of hydrogen-bond donors (Lipinski definition) is 5. The molecule has 3 atom stereocenters. The number of benzene rings is 1. The number of nitriles is 1. The van der Waals surface area contributed by atoms with Crippen molar-refractivity contribution in [2.75, 3.05) is 0 Å². The fraction of sp³-hybridized carbons (Fsp3) is 0.312.